The van der Waals surface area contributed by atoms with Crippen LogP contribution in [0.1, 0.15) is 40.0 Å². The van der Waals surface area contributed by atoms with Crippen molar-refractivity contribution in [2.24, 2.45) is 0 Å². The maximum Gasteiger partial charge on any atom is 0.0991 e. The van der Waals surface area contributed by atoms with E-state index in [9.17, 15) is 0 Å². The lowest BCUT2D eigenvalue weighted by Crippen LogP contribution is -2.41. The average Bonchev–Trinajstić information content (AvgIpc) is 3.36. The van der Waals surface area contributed by atoms with Gasteiger partial charge in [-0.3, -0.25) is 0 Å². The molecule has 1 heterocycles. The minimum atomic E-state index is -0.324. The first-order valence-electron chi connectivity index (χ1n) is 8.93. The molecule has 0 aliphatic heterocycles. The van der Waals surface area contributed by atoms with Crippen molar-refractivity contribution in [3.8, 4) is 6.07 Å². The molecule has 3 rings (SSSR count). The van der Waals surface area contributed by atoms with Crippen LogP contribution in [-0.2, 0) is 12.0 Å². The molecule has 1 aliphatic carbocycles. The topological polar surface area (TPSA) is 35.8 Å². The van der Waals surface area contributed by atoms with Crippen LogP contribution in [0.3, 0.4) is 0 Å². The summed E-state index contributed by atoms with van der Waals surface area (Å²) < 4.78 is 0. The van der Waals surface area contributed by atoms with E-state index in [1.54, 1.807) is 11.3 Å². The number of benzene rings is 1. The van der Waals surface area contributed by atoms with Crippen molar-refractivity contribution in [3.05, 3.63) is 94.2 Å². The van der Waals surface area contributed by atoms with Gasteiger partial charge in [0.15, 0.2) is 0 Å². The van der Waals surface area contributed by atoms with Crippen LogP contribution in [0.2, 0.25) is 0 Å². The Morgan fingerprint density at radius 1 is 1.37 bits per heavy atom. The molecule has 0 saturated heterocycles. The molecule has 0 amide bonds. The maximum atomic E-state index is 9.09. The molecular weight excluding hydrogens is 348 g/mol. The first-order valence-corrected chi connectivity index (χ1v) is 9.81. The zero-order chi connectivity index (χ0) is 19.6. The number of allylic oxidation sites excluding steroid dienone is 3. The first kappa shape index (κ1) is 19.1. The Bertz CT molecular complexity index is 986. The smallest absolute Gasteiger partial charge is 0.0991 e. The van der Waals surface area contributed by atoms with Gasteiger partial charge in [0.2, 0.25) is 0 Å². The summed E-state index contributed by atoms with van der Waals surface area (Å²) in [5.74, 6) is 0.0979. The number of hydrogen-bond acceptors (Lipinski definition) is 3. The van der Waals surface area contributed by atoms with Gasteiger partial charge >= 0.3 is 0 Å². The molecule has 1 aromatic carbocycles. The Hall–Kier alpha value is -2.67. The van der Waals surface area contributed by atoms with Crippen LogP contribution in [0, 0.1) is 11.3 Å². The van der Waals surface area contributed by atoms with Gasteiger partial charge in [-0.05, 0) is 59.7 Å². The molecule has 1 aliphatic rings. The maximum absolute atomic E-state index is 9.09. The van der Waals surface area contributed by atoms with Crippen molar-refractivity contribution >= 4 is 23.0 Å². The number of rotatable bonds is 7. The van der Waals surface area contributed by atoms with Crippen LogP contribution in [0.5, 0.6) is 0 Å². The van der Waals surface area contributed by atoms with E-state index in [4.69, 9.17) is 5.26 Å². The summed E-state index contributed by atoms with van der Waals surface area (Å²) in [6.07, 6.45) is 7.42. The van der Waals surface area contributed by atoms with E-state index in [1.165, 1.54) is 21.6 Å². The Morgan fingerprint density at radius 3 is 2.81 bits per heavy atom. The van der Waals surface area contributed by atoms with Crippen molar-refractivity contribution in [1.29, 1.82) is 5.26 Å². The molecule has 1 N–H and O–H groups in total. The lowest BCUT2D eigenvalue weighted by atomic mass is 9.78. The summed E-state index contributed by atoms with van der Waals surface area (Å²) >= 11 is 1.67. The highest BCUT2D eigenvalue weighted by molar-refractivity contribution is 7.10. The van der Waals surface area contributed by atoms with Crippen LogP contribution < -0.4 is 5.32 Å². The second kappa shape index (κ2) is 7.52. The summed E-state index contributed by atoms with van der Waals surface area (Å²) in [5.41, 5.74) is 5.61. The molecule has 0 saturated carbocycles. The molecular formula is C24H24N2S. The highest BCUT2D eigenvalue weighted by atomic mass is 32.1. The molecule has 3 heteroatoms. The van der Waals surface area contributed by atoms with Crippen molar-refractivity contribution in [3.63, 3.8) is 0 Å². The number of nitriles is 1. The fraction of sp³-hybridized carbons (Fsp3) is 0.208. The number of nitrogens with one attached hydrogen (secondary N) is 1. The van der Waals surface area contributed by atoms with E-state index in [2.05, 4.69) is 74.5 Å². The van der Waals surface area contributed by atoms with E-state index in [1.807, 2.05) is 18.5 Å². The summed E-state index contributed by atoms with van der Waals surface area (Å²) in [6, 6.07) is 10.9. The average molecular weight is 373 g/mol. The molecule has 1 aromatic heterocycles. The van der Waals surface area contributed by atoms with Gasteiger partial charge < -0.3 is 5.32 Å². The summed E-state index contributed by atoms with van der Waals surface area (Å²) in [4.78, 5) is 1.17. The molecule has 27 heavy (non-hydrogen) atoms. The predicted molar refractivity (Wildman–Crippen MR) is 117 cm³/mol. The normalized spacial score (nSPS) is 15.4. The number of hydrogen-bond donors (Lipinski definition) is 1. The SMILES string of the molecule is C=CC(c1ccc2c(c1)C=CC2)[C@](C)(NC)c1cc(C(=C)C(=C)C#N)cs1. The van der Waals surface area contributed by atoms with Gasteiger partial charge in [-0.15, -0.1) is 17.9 Å². The summed E-state index contributed by atoms with van der Waals surface area (Å²) in [5, 5.41) is 14.6. The van der Waals surface area contributed by atoms with Crippen LogP contribution in [0.25, 0.3) is 11.6 Å². The highest BCUT2D eigenvalue weighted by Gasteiger charge is 2.35. The largest absolute Gasteiger partial charge is 0.309 e. The van der Waals surface area contributed by atoms with Crippen LogP contribution in [-0.4, -0.2) is 7.05 Å². The van der Waals surface area contributed by atoms with E-state index in [0.717, 1.165) is 12.0 Å². The van der Waals surface area contributed by atoms with Gasteiger partial charge in [0.1, 0.15) is 0 Å². The summed E-state index contributed by atoms with van der Waals surface area (Å²) in [6.45, 7) is 14.1. The van der Waals surface area contributed by atoms with Crippen molar-refractivity contribution < 1.29 is 0 Å². The van der Waals surface area contributed by atoms with Crippen LogP contribution >= 0.6 is 11.3 Å². The zero-order valence-electron chi connectivity index (χ0n) is 15.9. The molecule has 0 bridgehead atoms. The molecule has 2 atom stereocenters. The third-order valence-corrected chi connectivity index (χ3v) is 6.67. The lowest BCUT2D eigenvalue weighted by molar-refractivity contribution is 0.367. The molecule has 2 aromatic rings. The van der Waals surface area contributed by atoms with Crippen molar-refractivity contribution in [1.82, 2.24) is 5.32 Å². The third-order valence-electron chi connectivity index (χ3n) is 5.50. The Morgan fingerprint density at radius 2 is 2.15 bits per heavy atom. The quantitative estimate of drug-likeness (QED) is 0.378. The zero-order valence-corrected chi connectivity index (χ0v) is 16.7. The minimum Gasteiger partial charge on any atom is -0.309 e. The second-order valence-electron chi connectivity index (χ2n) is 7.00. The lowest BCUT2D eigenvalue weighted by Gasteiger charge is -2.36. The minimum absolute atomic E-state index is 0.0979. The van der Waals surface area contributed by atoms with E-state index in [-0.39, 0.29) is 11.5 Å². The Kier molecular flexibility index (Phi) is 5.32. The number of likely N-dealkylation sites (N-methyl/N-ethyl adjacent to an activating group) is 1. The molecule has 1 unspecified atom stereocenters. The van der Waals surface area contributed by atoms with Gasteiger partial charge in [-0.2, -0.15) is 5.26 Å². The Balaban J connectivity index is 2.00. The van der Waals surface area contributed by atoms with Gasteiger partial charge in [0.25, 0.3) is 0 Å². The molecule has 136 valence electrons. The van der Waals surface area contributed by atoms with E-state index >= 15 is 0 Å². The highest BCUT2D eigenvalue weighted by Crippen LogP contribution is 2.42. The van der Waals surface area contributed by atoms with Gasteiger partial charge in [-0.25, -0.2) is 0 Å². The number of thiophene rings is 1. The van der Waals surface area contributed by atoms with Crippen LogP contribution in [0.4, 0.5) is 0 Å². The standard InChI is InChI=1S/C24H24N2S/c1-6-22(20-11-10-18-8-7-9-19(18)12-20)24(4,26-5)23-13-21(15-27-23)17(3)16(2)14-25/h6-7,9-13,15,22,26H,1-3,8H2,4-5H3/t22?,24-/m0/s1. The fourth-order valence-corrected chi connectivity index (χ4v) is 4.74. The third kappa shape index (κ3) is 3.35. The Labute approximate surface area is 165 Å². The van der Waals surface area contributed by atoms with E-state index < -0.39 is 0 Å². The monoisotopic (exact) mass is 372 g/mol. The molecule has 0 spiro atoms. The number of nitrogens with zero attached hydrogens (tertiary/aromatic N) is 1. The number of fused-ring (bicyclic) bond motifs is 1. The van der Waals surface area contributed by atoms with Crippen LogP contribution in [0.15, 0.2) is 67.1 Å². The molecule has 0 fully saturated rings. The summed E-state index contributed by atoms with van der Waals surface area (Å²) in [7, 11) is 1.98. The molecule has 0 radical (unpaired) electrons. The van der Waals surface area contributed by atoms with E-state index in [0.29, 0.717) is 11.1 Å². The predicted octanol–water partition coefficient (Wildman–Crippen LogP) is 5.81. The van der Waals surface area contributed by atoms with Gasteiger partial charge in [0, 0.05) is 10.8 Å². The van der Waals surface area contributed by atoms with Gasteiger partial charge in [0.05, 0.1) is 17.2 Å². The second-order valence-corrected chi connectivity index (χ2v) is 7.91. The van der Waals surface area contributed by atoms with Gasteiger partial charge in [-0.1, -0.05) is 49.6 Å². The fourth-order valence-electron chi connectivity index (χ4n) is 3.61. The van der Waals surface area contributed by atoms with Crippen molar-refractivity contribution in [2.75, 3.05) is 7.05 Å². The van der Waals surface area contributed by atoms with Crippen molar-refractivity contribution in [2.45, 2.75) is 24.8 Å². The first-order chi connectivity index (χ1) is 12.9. The molecule has 2 nitrogen and oxygen atoms in total.